The highest BCUT2D eigenvalue weighted by Gasteiger charge is 2.22. The number of H-pyrrole nitrogens is 1. The molecule has 11 heteroatoms. The molecule has 148 valence electrons. The van der Waals surface area contributed by atoms with Gasteiger partial charge < -0.3 is 19.4 Å². The highest BCUT2D eigenvalue weighted by atomic mass is 32.1. The maximum Gasteiger partial charge on any atom is 0.341 e. The number of nitrogens with zero attached hydrogens (tertiary/aromatic N) is 3. The number of aromatic nitrogens is 4. The Labute approximate surface area is 167 Å². The highest BCUT2D eigenvalue weighted by Crippen LogP contribution is 2.29. The Morgan fingerprint density at radius 1 is 1.28 bits per heavy atom. The third-order valence-electron chi connectivity index (χ3n) is 4.19. The highest BCUT2D eigenvalue weighted by molar-refractivity contribution is 7.22. The number of thiazole rings is 1. The number of fused-ring (bicyclic) bond motifs is 2. The fourth-order valence-electron chi connectivity index (χ4n) is 2.85. The number of hydrogen-bond donors (Lipinski definition) is 2. The second kappa shape index (κ2) is 7.36. The van der Waals surface area contributed by atoms with Crippen molar-refractivity contribution in [3.8, 4) is 17.0 Å². The van der Waals surface area contributed by atoms with Crippen molar-refractivity contribution < 1.29 is 19.1 Å². The van der Waals surface area contributed by atoms with E-state index in [-0.39, 0.29) is 29.3 Å². The smallest absolute Gasteiger partial charge is 0.341 e. The van der Waals surface area contributed by atoms with Crippen LogP contribution in [0.3, 0.4) is 0 Å². The predicted molar refractivity (Wildman–Crippen MR) is 106 cm³/mol. The van der Waals surface area contributed by atoms with E-state index in [0.717, 1.165) is 10.2 Å². The molecule has 29 heavy (non-hydrogen) atoms. The molecular weight excluding hydrogens is 398 g/mol. The molecule has 0 aliphatic carbocycles. The first-order valence-corrected chi connectivity index (χ1v) is 9.21. The van der Waals surface area contributed by atoms with Crippen LogP contribution in [0, 0.1) is 0 Å². The van der Waals surface area contributed by atoms with Gasteiger partial charge in [-0.05, 0) is 18.2 Å². The Morgan fingerprint density at radius 3 is 2.86 bits per heavy atom. The summed E-state index contributed by atoms with van der Waals surface area (Å²) in [6.07, 6.45) is 2.87. The van der Waals surface area contributed by atoms with Crippen LogP contribution in [-0.2, 0) is 16.1 Å². The lowest BCUT2D eigenvalue weighted by Crippen LogP contribution is -2.20. The van der Waals surface area contributed by atoms with E-state index in [2.05, 4.69) is 20.5 Å². The summed E-state index contributed by atoms with van der Waals surface area (Å²) in [4.78, 5) is 40.8. The molecule has 2 aliphatic rings. The summed E-state index contributed by atoms with van der Waals surface area (Å²) in [5.41, 5.74) is 0.747. The quantitative estimate of drug-likeness (QED) is 0.477. The van der Waals surface area contributed by atoms with E-state index in [1.807, 2.05) is 6.07 Å². The van der Waals surface area contributed by atoms with Crippen molar-refractivity contribution in [3.63, 3.8) is 0 Å². The van der Waals surface area contributed by atoms with Gasteiger partial charge in [-0.3, -0.25) is 9.59 Å². The van der Waals surface area contributed by atoms with Crippen LogP contribution in [0.1, 0.15) is 10.4 Å². The Morgan fingerprint density at radius 2 is 2.10 bits per heavy atom. The molecule has 0 bridgehead atoms. The zero-order chi connectivity index (χ0) is 20.5. The van der Waals surface area contributed by atoms with E-state index in [9.17, 15) is 14.4 Å². The third-order valence-corrected chi connectivity index (χ3v) is 5.12. The number of carbonyl (C=O) groups excluding carboxylic acids is 2. The number of nitrogens with one attached hydrogen (secondary N) is 2. The van der Waals surface area contributed by atoms with E-state index >= 15 is 0 Å². The van der Waals surface area contributed by atoms with Crippen LogP contribution in [0.4, 0.5) is 5.13 Å². The van der Waals surface area contributed by atoms with Crippen molar-refractivity contribution in [3.05, 3.63) is 46.5 Å². The molecule has 2 aromatic rings. The molecule has 0 atom stereocenters. The first-order valence-electron chi connectivity index (χ1n) is 8.39. The Hall–Kier alpha value is -3.73. The van der Waals surface area contributed by atoms with Crippen LogP contribution in [0.15, 0.2) is 35.4 Å². The average molecular weight is 413 g/mol. The Kier molecular flexibility index (Phi) is 4.72. The van der Waals surface area contributed by atoms with Crippen LogP contribution < -0.4 is 15.6 Å². The van der Waals surface area contributed by atoms with Crippen molar-refractivity contribution in [2.75, 3.05) is 19.5 Å². The molecule has 0 saturated carbocycles. The number of benzene rings is 1. The number of amides is 1. The minimum atomic E-state index is -0.656. The predicted octanol–water partition coefficient (Wildman–Crippen LogP) is 1.72. The van der Waals surface area contributed by atoms with Crippen molar-refractivity contribution >= 4 is 38.6 Å². The number of ether oxygens (including phenoxy) is 2. The van der Waals surface area contributed by atoms with E-state index < -0.39 is 11.5 Å². The van der Waals surface area contributed by atoms with Gasteiger partial charge in [-0.1, -0.05) is 11.3 Å². The molecule has 1 amide bonds. The fourth-order valence-corrected chi connectivity index (χ4v) is 3.76. The van der Waals surface area contributed by atoms with Crippen LogP contribution >= 0.6 is 11.3 Å². The fraction of sp³-hybridized carbons (Fsp3) is 0.167. The number of aromatic amines is 1. The number of pyridine rings is 1. The summed E-state index contributed by atoms with van der Waals surface area (Å²) in [5.74, 6) is -0.324. The van der Waals surface area contributed by atoms with E-state index in [1.54, 1.807) is 19.2 Å². The standard InChI is InChI=1S/C18H15N5O5S/c1-27-9-3-4-12-13(5-9)29-18(19-12)20-14(24)8-23-6-10-15(21-22-16(10)25)11(7-23)17(26)28-2/h3-7H,8H2,1-2H3,(H,22,25)(H,19,20,24). The molecule has 0 spiro atoms. The summed E-state index contributed by atoms with van der Waals surface area (Å²) in [5, 5.41) is 9.29. The number of esters is 1. The van der Waals surface area contributed by atoms with Crippen molar-refractivity contribution in [2.45, 2.75) is 6.54 Å². The van der Waals surface area contributed by atoms with Crippen molar-refractivity contribution in [1.82, 2.24) is 19.7 Å². The minimum absolute atomic E-state index is 0.0863. The maximum absolute atomic E-state index is 12.5. The molecule has 0 saturated heterocycles. The van der Waals surface area contributed by atoms with Crippen LogP contribution in [-0.4, -0.2) is 45.8 Å². The van der Waals surface area contributed by atoms with Gasteiger partial charge in [0.15, 0.2) is 5.13 Å². The van der Waals surface area contributed by atoms with E-state index in [4.69, 9.17) is 9.47 Å². The first-order chi connectivity index (χ1) is 14.0. The Bertz CT molecular complexity index is 1260. The summed E-state index contributed by atoms with van der Waals surface area (Å²) >= 11 is 1.31. The third kappa shape index (κ3) is 3.55. The van der Waals surface area contributed by atoms with Crippen LogP contribution in [0.5, 0.6) is 5.75 Å². The number of methoxy groups -OCH3 is 2. The average Bonchev–Trinajstić information content (AvgIpc) is 3.28. The number of carbonyl (C=O) groups is 2. The number of rotatable bonds is 5. The van der Waals surface area contributed by atoms with Gasteiger partial charge in [-0.2, -0.15) is 5.10 Å². The van der Waals surface area contributed by atoms with Gasteiger partial charge in [0.05, 0.1) is 30.0 Å². The SMILES string of the molecule is COC(=O)c1cn(CC(=O)Nc2nc3ccc(OC)cc3s2)cc2c(=O)[nH]nc1-2. The molecule has 2 aliphatic heterocycles. The van der Waals surface area contributed by atoms with Crippen LogP contribution in [0.2, 0.25) is 0 Å². The summed E-state index contributed by atoms with van der Waals surface area (Å²) in [6, 6.07) is 5.43. The summed E-state index contributed by atoms with van der Waals surface area (Å²) in [7, 11) is 2.81. The topological polar surface area (TPSA) is 128 Å². The molecule has 2 N–H and O–H groups in total. The minimum Gasteiger partial charge on any atom is -0.497 e. The molecule has 10 nitrogen and oxygen atoms in total. The summed E-state index contributed by atoms with van der Waals surface area (Å²) < 4.78 is 12.2. The molecule has 3 heterocycles. The zero-order valence-corrected chi connectivity index (χ0v) is 16.2. The van der Waals surface area contributed by atoms with Gasteiger partial charge in [-0.25, -0.2) is 14.9 Å². The lowest BCUT2D eigenvalue weighted by molar-refractivity contribution is -0.116. The molecule has 0 radical (unpaired) electrons. The lowest BCUT2D eigenvalue weighted by Gasteiger charge is -2.11. The number of anilines is 1. The van der Waals surface area contributed by atoms with Crippen LogP contribution in [0.25, 0.3) is 21.5 Å². The molecule has 0 fully saturated rings. The normalized spacial score (nSPS) is 11.0. The van der Waals surface area contributed by atoms with Crippen molar-refractivity contribution in [2.24, 2.45) is 0 Å². The van der Waals surface area contributed by atoms with Gasteiger partial charge in [0.1, 0.15) is 23.6 Å². The first kappa shape index (κ1) is 18.6. The van der Waals surface area contributed by atoms with Crippen molar-refractivity contribution in [1.29, 1.82) is 0 Å². The lowest BCUT2D eigenvalue weighted by atomic mass is 10.1. The molecule has 1 aromatic carbocycles. The molecule has 0 unspecified atom stereocenters. The summed E-state index contributed by atoms with van der Waals surface area (Å²) in [6.45, 7) is -0.135. The van der Waals surface area contributed by atoms with Gasteiger partial charge >= 0.3 is 5.97 Å². The van der Waals surface area contributed by atoms with Gasteiger partial charge in [0.25, 0.3) is 5.56 Å². The maximum atomic E-state index is 12.5. The van der Waals surface area contributed by atoms with Gasteiger partial charge in [0, 0.05) is 12.4 Å². The van der Waals surface area contributed by atoms with E-state index in [0.29, 0.717) is 10.9 Å². The van der Waals surface area contributed by atoms with E-state index in [1.165, 1.54) is 35.4 Å². The second-order valence-electron chi connectivity index (χ2n) is 6.05. The largest absolute Gasteiger partial charge is 0.497 e. The molecule has 4 rings (SSSR count). The molecule has 1 aromatic heterocycles. The second-order valence-corrected chi connectivity index (χ2v) is 7.08. The Balaban J connectivity index is 1.59. The van der Waals surface area contributed by atoms with Gasteiger partial charge in [-0.15, -0.1) is 0 Å². The van der Waals surface area contributed by atoms with Gasteiger partial charge in [0.2, 0.25) is 5.91 Å². The zero-order valence-electron chi connectivity index (χ0n) is 15.4. The molecular formula is C18H15N5O5S. The monoisotopic (exact) mass is 413 g/mol. The number of hydrogen-bond acceptors (Lipinski definition) is 8.